The Morgan fingerprint density at radius 1 is 1.04 bits per heavy atom. The third-order valence-electron chi connectivity index (χ3n) is 9.91. The van der Waals surface area contributed by atoms with E-state index in [0.29, 0.717) is 68.2 Å². The fourth-order valence-electron chi connectivity index (χ4n) is 7.17. The monoisotopic (exact) mass is 623 g/mol. The first kappa shape index (κ1) is 28.9. The van der Waals surface area contributed by atoms with Crippen molar-refractivity contribution in [3.8, 4) is 17.4 Å². The molecule has 2 N–H and O–H groups in total. The van der Waals surface area contributed by atoms with Gasteiger partial charge in [0, 0.05) is 25.4 Å². The van der Waals surface area contributed by atoms with Crippen LogP contribution in [0.4, 0.5) is 11.6 Å². The van der Waals surface area contributed by atoms with Crippen LogP contribution >= 0.6 is 0 Å². The molecule has 3 aromatic heterocycles. The third-order valence-corrected chi connectivity index (χ3v) is 9.91. The Balaban J connectivity index is 1.09. The molecule has 4 aromatic rings. The first-order valence-electron chi connectivity index (χ1n) is 15.9. The van der Waals surface area contributed by atoms with Gasteiger partial charge < -0.3 is 34.1 Å². The molecule has 4 aliphatic rings. The topological polar surface area (TPSA) is 139 Å². The van der Waals surface area contributed by atoms with Gasteiger partial charge in [-0.2, -0.15) is 9.97 Å². The average molecular weight is 624 g/mol. The summed E-state index contributed by atoms with van der Waals surface area (Å²) in [6, 6.07) is 15.8. The lowest BCUT2D eigenvalue weighted by atomic mass is 9.90. The molecule has 4 fully saturated rings. The van der Waals surface area contributed by atoms with Crippen LogP contribution in [-0.4, -0.2) is 92.7 Å². The van der Waals surface area contributed by atoms with Crippen molar-refractivity contribution in [2.45, 2.75) is 62.3 Å². The van der Waals surface area contributed by atoms with Crippen LogP contribution in [0.1, 0.15) is 48.6 Å². The molecule has 12 heteroatoms. The van der Waals surface area contributed by atoms with Crippen LogP contribution in [0, 0.1) is 6.92 Å². The Morgan fingerprint density at radius 3 is 2.61 bits per heavy atom. The maximum absolute atomic E-state index is 12.5. The molecular weight excluding hydrogens is 586 g/mol. The van der Waals surface area contributed by atoms with Gasteiger partial charge in [-0.05, 0) is 61.4 Å². The molecule has 1 aliphatic carbocycles. The van der Waals surface area contributed by atoms with E-state index in [1.54, 1.807) is 18.0 Å². The average Bonchev–Trinajstić information content (AvgIpc) is 3.42. The van der Waals surface area contributed by atoms with Crippen molar-refractivity contribution in [3.63, 3.8) is 0 Å². The number of pyridine rings is 1. The molecule has 1 aromatic carbocycles. The van der Waals surface area contributed by atoms with Crippen LogP contribution in [0.25, 0.3) is 11.5 Å². The van der Waals surface area contributed by atoms with Gasteiger partial charge in [0.05, 0.1) is 38.1 Å². The number of rotatable bonds is 8. The first-order valence-corrected chi connectivity index (χ1v) is 15.9. The first-order chi connectivity index (χ1) is 22.4. The number of aliphatic carboxylic acids is 1. The van der Waals surface area contributed by atoms with Gasteiger partial charge in [0.15, 0.2) is 5.82 Å². The van der Waals surface area contributed by atoms with E-state index >= 15 is 0 Å². The third kappa shape index (κ3) is 5.15. The number of benzene rings is 1. The highest BCUT2D eigenvalue weighted by atomic mass is 16.6. The molecule has 238 valence electrons. The summed E-state index contributed by atoms with van der Waals surface area (Å²) in [6.45, 7) is 6.62. The van der Waals surface area contributed by atoms with Crippen LogP contribution in [-0.2, 0) is 14.3 Å². The van der Waals surface area contributed by atoms with E-state index in [9.17, 15) is 9.90 Å². The molecule has 3 aliphatic heterocycles. The Bertz CT molecular complexity index is 1730. The molecule has 1 spiro atoms. The quantitative estimate of drug-likeness (QED) is 0.295. The predicted octanol–water partition coefficient (Wildman–Crippen LogP) is 3.95. The molecule has 0 amide bonds. The van der Waals surface area contributed by atoms with E-state index in [1.165, 1.54) is 11.1 Å². The van der Waals surface area contributed by atoms with Crippen LogP contribution in [0.2, 0.25) is 0 Å². The van der Waals surface area contributed by atoms with Gasteiger partial charge in [-0.1, -0.05) is 30.3 Å². The summed E-state index contributed by atoms with van der Waals surface area (Å²) in [5, 5.41) is 10.2. The number of hydrogen-bond acceptors (Lipinski definition) is 10. The Morgan fingerprint density at radius 2 is 1.87 bits per heavy atom. The highest BCUT2D eigenvalue weighted by Gasteiger charge is 2.51. The van der Waals surface area contributed by atoms with Gasteiger partial charge in [-0.3, -0.25) is 0 Å². The maximum atomic E-state index is 12.5. The number of H-pyrrole nitrogens is 1. The summed E-state index contributed by atoms with van der Waals surface area (Å²) in [4.78, 5) is 38.2. The minimum absolute atomic E-state index is 0.0463. The Hall–Kier alpha value is -4.55. The van der Waals surface area contributed by atoms with Gasteiger partial charge >= 0.3 is 5.97 Å². The van der Waals surface area contributed by atoms with E-state index in [0.717, 1.165) is 17.8 Å². The van der Waals surface area contributed by atoms with Crippen molar-refractivity contribution in [2.75, 3.05) is 42.7 Å². The lowest BCUT2D eigenvalue weighted by Gasteiger charge is -2.53. The fraction of sp³-hybridized carbons (Fsp3) is 0.441. The second-order valence-corrected chi connectivity index (χ2v) is 12.8. The number of aromatic nitrogens is 5. The summed E-state index contributed by atoms with van der Waals surface area (Å²) >= 11 is 0. The van der Waals surface area contributed by atoms with Crippen LogP contribution < -0.4 is 14.5 Å². The van der Waals surface area contributed by atoms with Crippen molar-refractivity contribution in [1.82, 2.24) is 24.9 Å². The number of nitrogens with one attached hydrogen (secondary N) is 1. The fourth-order valence-corrected chi connectivity index (χ4v) is 7.17. The summed E-state index contributed by atoms with van der Waals surface area (Å²) in [7, 11) is 0. The number of hydrogen-bond donors (Lipinski definition) is 2. The number of nitrogens with zero attached hydrogens (tertiary/aromatic N) is 6. The van der Waals surface area contributed by atoms with Gasteiger partial charge in [0.1, 0.15) is 29.3 Å². The summed E-state index contributed by atoms with van der Waals surface area (Å²) < 4.78 is 18.5. The van der Waals surface area contributed by atoms with Crippen molar-refractivity contribution < 1.29 is 24.1 Å². The van der Waals surface area contributed by atoms with E-state index < -0.39 is 18.1 Å². The number of carbonyl (C=O) groups is 1. The largest absolute Gasteiger partial charge is 0.480 e. The molecular formula is C34H37N7O5. The van der Waals surface area contributed by atoms with Crippen molar-refractivity contribution >= 4 is 17.6 Å². The van der Waals surface area contributed by atoms with Crippen molar-refractivity contribution in [2.24, 2.45) is 0 Å². The van der Waals surface area contributed by atoms with Crippen molar-refractivity contribution in [1.29, 1.82) is 0 Å². The number of morpholine rings is 1. The molecule has 1 saturated carbocycles. The number of carboxylic acid groups (broad SMARTS) is 1. The maximum Gasteiger partial charge on any atom is 0.326 e. The minimum atomic E-state index is -0.955. The predicted molar refractivity (Wildman–Crippen MR) is 169 cm³/mol. The lowest BCUT2D eigenvalue weighted by molar-refractivity contribution is -0.228. The minimum Gasteiger partial charge on any atom is -0.480 e. The van der Waals surface area contributed by atoms with Crippen molar-refractivity contribution in [3.05, 3.63) is 77.9 Å². The van der Waals surface area contributed by atoms with Crippen LogP contribution in [0.15, 0.2) is 60.9 Å². The SMILES string of the molecule is Cc1nc(-c2ccc[nH]2)nc(N2C[C@@H](Oc3ncc(C4CC4c4ccccc4)cc3N3CCOC4(COC4)[C@@H]3C)C[C@H]2C(=O)O)n1. The Labute approximate surface area is 266 Å². The molecule has 5 atom stereocenters. The number of ether oxygens (including phenoxy) is 3. The van der Waals surface area contributed by atoms with E-state index in [4.69, 9.17) is 19.2 Å². The number of aryl methyl sites for hydroxylation is 1. The number of aromatic amines is 1. The zero-order valence-corrected chi connectivity index (χ0v) is 25.9. The normalized spacial score (nSPS) is 26.6. The standard InChI is InChI=1S/C34H37N7O5/c1-20-34(18-44-19-34)45-12-11-40(20)28-13-23(26-15-25(26)22-7-4-3-5-8-22)16-36-31(28)46-24-14-29(32(42)43)41(17-24)33-38-21(2)37-30(39-33)27-9-6-10-35-27/h3-10,13,16,20,24-26,29,35H,11-12,14-15,17-19H2,1-2H3,(H,42,43)/t20-,24-,25?,26?,29-/m0/s1. The summed E-state index contributed by atoms with van der Waals surface area (Å²) in [5.74, 6) is 1.68. The van der Waals surface area contributed by atoms with E-state index in [1.807, 2.05) is 24.4 Å². The van der Waals surface area contributed by atoms with Gasteiger partial charge in [0.2, 0.25) is 11.8 Å². The second kappa shape index (κ2) is 11.4. The van der Waals surface area contributed by atoms with Crippen LogP contribution in [0.5, 0.6) is 5.88 Å². The van der Waals surface area contributed by atoms with E-state index in [-0.39, 0.29) is 18.1 Å². The molecule has 3 saturated heterocycles. The van der Waals surface area contributed by atoms with E-state index in [2.05, 4.69) is 62.1 Å². The molecule has 0 radical (unpaired) electrons. The van der Waals surface area contributed by atoms with Gasteiger partial charge in [0.25, 0.3) is 0 Å². The summed E-state index contributed by atoms with van der Waals surface area (Å²) in [5.41, 5.74) is 3.82. The Kier molecular flexibility index (Phi) is 7.13. The molecule has 0 bridgehead atoms. The second-order valence-electron chi connectivity index (χ2n) is 12.8. The smallest absolute Gasteiger partial charge is 0.326 e. The number of carboxylic acids is 1. The van der Waals surface area contributed by atoms with Crippen LogP contribution in [0.3, 0.4) is 0 Å². The molecule has 2 unspecified atom stereocenters. The number of anilines is 2. The highest BCUT2D eigenvalue weighted by molar-refractivity contribution is 5.78. The molecule has 6 heterocycles. The highest BCUT2D eigenvalue weighted by Crippen LogP contribution is 2.55. The lowest BCUT2D eigenvalue weighted by Crippen LogP contribution is -2.68. The molecule has 8 rings (SSSR count). The summed E-state index contributed by atoms with van der Waals surface area (Å²) in [6.07, 6.45) is 4.62. The zero-order valence-electron chi connectivity index (χ0n) is 25.9. The molecule has 46 heavy (non-hydrogen) atoms. The zero-order chi connectivity index (χ0) is 31.4. The molecule has 12 nitrogen and oxygen atoms in total. The van der Waals surface area contributed by atoms with Gasteiger partial charge in [-0.25, -0.2) is 14.8 Å². The van der Waals surface area contributed by atoms with Gasteiger partial charge in [-0.15, -0.1) is 0 Å².